The van der Waals surface area contributed by atoms with Gasteiger partial charge in [-0.05, 0) is 18.3 Å². The highest BCUT2D eigenvalue weighted by Gasteiger charge is 2.10. The molecular formula is C10H19N3. The fourth-order valence-electron chi connectivity index (χ4n) is 1.31. The standard InChI is InChI=1S/C10H19N3/c1-10(2,3)7-5-6-9-12-11-8-13(9)4/h8H,5-7H2,1-4H3. The number of nitrogens with zero attached hydrogens (tertiary/aromatic N) is 3. The Labute approximate surface area is 80.2 Å². The predicted octanol–water partition coefficient (Wildman–Crippen LogP) is 2.18. The smallest absolute Gasteiger partial charge is 0.132 e. The lowest BCUT2D eigenvalue weighted by Crippen LogP contribution is -2.06. The van der Waals surface area contributed by atoms with E-state index in [1.807, 2.05) is 11.6 Å². The Balaban J connectivity index is 2.32. The second kappa shape index (κ2) is 3.90. The van der Waals surface area contributed by atoms with Crippen molar-refractivity contribution in [2.75, 3.05) is 0 Å². The van der Waals surface area contributed by atoms with Crippen LogP contribution in [0.15, 0.2) is 6.33 Å². The summed E-state index contributed by atoms with van der Waals surface area (Å²) in [5, 5.41) is 7.90. The average molecular weight is 181 g/mol. The van der Waals surface area contributed by atoms with E-state index in [2.05, 4.69) is 31.0 Å². The molecule has 0 atom stereocenters. The van der Waals surface area contributed by atoms with Crippen LogP contribution in [0.1, 0.15) is 39.4 Å². The Bertz CT molecular complexity index is 257. The van der Waals surface area contributed by atoms with E-state index < -0.39 is 0 Å². The molecule has 0 amide bonds. The molecule has 0 spiro atoms. The highest BCUT2D eigenvalue weighted by molar-refractivity contribution is 4.84. The summed E-state index contributed by atoms with van der Waals surface area (Å²) in [7, 11) is 1.99. The molecule has 3 heteroatoms. The number of hydrogen-bond donors (Lipinski definition) is 0. The third-order valence-corrected chi connectivity index (χ3v) is 2.13. The lowest BCUT2D eigenvalue weighted by Gasteiger charge is -2.17. The maximum atomic E-state index is 4.05. The zero-order chi connectivity index (χ0) is 9.90. The molecule has 0 N–H and O–H groups in total. The summed E-state index contributed by atoms with van der Waals surface area (Å²) < 4.78 is 1.99. The van der Waals surface area contributed by atoms with Crippen LogP contribution in [0.5, 0.6) is 0 Å². The molecule has 1 heterocycles. The minimum Gasteiger partial charge on any atom is -0.321 e. The van der Waals surface area contributed by atoms with Crippen molar-refractivity contribution < 1.29 is 0 Å². The first-order valence-electron chi connectivity index (χ1n) is 4.82. The molecule has 0 aliphatic rings. The Kier molecular flexibility index (Phi) is 3.07. The molecule has 0 aliphatic heterocycles. The van der Waals surface area contributed by atoms with Gasteiger partial charge in [0.05, 0.1) is 0 Å². The van der Waals surface area contributed by atoms with Crippen molar-refractivity contribution in [1.82, 2.24) is 14.8 Å². The summed E-state index contributed by atoms with van der Waals surface area (Å²) in [5.41, 5.74) is 0.429. The van der Waals surface area contributed by atoms with Crippen LogP contribution in [0.3, 0.4) is 0 Å². The number of hydrogen-bond acceptors (Lipinski definition) is 2. The molecule has 1 aromatic heterocycles. The number of rotatable bonds is 3. The summed E-state index contributed by atoms with van der Waals surface area (Å²) in [5.74, 6) is 1.09. The summed E-state index contributed by atoms with van der Waals surface area (Å²) in [4.78, 5) is 0. The Hall–Kier alpha value is -0.860. The van der Waals surface area contributed by atoms with Gasteiger partial charge in [0.15, 0.2) is 0 Å². The molecule has 0 radical (unpaired) electrons. The largest absolute Gasteiger partial charge is 0.321 e. The molecule has 3 nitrogen and oxygen atoms in total. The molecule has 1 aromatic rings. The van der Waals surface area contributed by atoms with E-state index in [9.17, 15) is 0 Å². The maximum Gasteiger partial charge on any atom is 0.132 e. The van der Waals surface area contributed by atoms with Gasteiger partial charge in [-0.2, -0.15) is 0 Å². The first-order chi connectivity index (χ1) is 5.99. The van der Waals surface area contributed by atoms with E-state index >= 15 is 0 Å². The van der Waals surface area contributed by atoms with E-state index in [1.54, 1.807) is 6.33 Å². The van der Waals surface area contributed by atoms with Crippen molar-refractivity contribution in [3.8, 4) is 0 Å². The van der Waals surface area contributed by atoms with Gasteiger partial charge in [-0.1, -0.05) is 20.8 Å². The normalized spacial score (nSPS) is 12.0. The van der Waals surface area contributed by atoms with Crippen molar-refractivity contribution in [1.29, 1.82) is 0 Å². The van der Waals surface area contributed by atoms with Crippen LogP contribution < -0.4 is 0 Å². The van der Waals surface area contributed by atoms with Crippen LogP contribution in [0.25, 0.3) is 0 Å². The number of aromatic nitrogens is 3. The van der Waals surface area contributed by atoms with Crippen molar-refractivity contribution in [3.63, 3.8) is 0 Å². The van der Waals surface area contributed by atoms with Crippen LogP contribution in [0, 0.1) is 5.41 Å². The Morgan fingerprint density at radius 3 is 2.54 bits per heavy atom. The van der Waals surface area contributed by atoms with Gasteiger partial charge in [0.2, 0.25) is 0 Å². The van der Waals surface area contributed by atoms with Gasteiger partial charge >= 0.3 is 0 Å². The van der Waals surface area contributed by atoms with Gasteiger partial charge in [-0.3, -0.25) is 0 Å². The van der Waals surface area contributed by atoms with Gasteiger partial charge in [-0.25, -0.2) is 0 Å². The summed E-state index contributed by atoms with van der Waals surface area (Å²) >= 11 is 0. The van der Waals surface area contributed by atoms with E-state index in [4.69, 9.17) is 0 Å². The van der Waals surface area contributed by atoms with Gasteiger partial charge in [0.1, 0.15) is 12.2 Å². The van der Waals surface area contributed by atoms with Crippen molar-refractivity contribution in [2.24, 2.45) is 12.5 Å². The molecular weight excluding hydrogens is 162 g/mol. The molecule has 0 aromatic carbocycles. The van der Waals surface area contributed by atoms with E-state index in [0.717, 1.165) is 12.2 Å². The molecule has 74 valence electrons. The molecule has 1 rings (SSSR count). The Morgan fingerprint density at radius 1 is 1.38 bits per heavy atom. The van der Waals surface area contributed by atoms with E-state index in [-0.39, 0.29) is 0 Å². The topological polar surface area (TPSA) is 30.7 Å². The minimum atomic E-state index is 0.429. The average Bonchev–Trinajstić information content (AvgIpc) is 2.34. The zero-order valence-corrected chi connectivity index (χ0v) is 9.04. The highest BCUT2D eigenvalue weighted by atomic mass is 15.2. The van der Waals surface area contributed by atoms with Crippen LogP contribution in [-0.2, 0) is 13.5 Å². The molecule has 0 unspecified atom stereocenters. The second-order valence-corrected chi connectivity index (χ2v) is 4.77. The summed E-state index contributed by atoms with van der Waals surface area (Å²) in [6.45, 7) is 6.80. The molecule has 0 saturated carbocycles. The fourth-order valence-corrected chi connectivity index (χ4v) is 1.31. The van der Waals surface area contributed by atoms with Crippen LogP contribution in [-0.4, -0.2) is 14.8 Å². The van der Waals surface area contributed by atoms with Crippen molar-refractivity contribution >= 4 is 0 Å². The maximum absolute atomic E-state index is 4.05. The van der Waals surface area contributed by atoms with Crippen LogP contribution >= 0.6 is 0 Å². The number of aryl methyl sites for hydroxylation is 2. The van der Waals surface area contributed by atoms with Gasteiger partial charge < -0.3 is 4.57 Å². The lowest BCUT2D eigenvalue weighted by molar-refractivity contribution is 0.363. The van der Waals surface area contributed by atoms with Gasteiger partial charge in [-0.15, -0.1) is 10.2 Å². The van der Waals surface area contributed by atoms with Crippen molar-refractivity contribution in [2.45, 2.75) is 40.0 Å². The van der Waals surface area contributed by atoms with E-state index in [0.29, 0.717) is 5.41 Å². The quantitative estimate of drug-likeness (QED) is 0.715. The SMILES string of the molecule is Cn1cnnc1CCCC(C)(C)C. The molecule has 0 fully saturated rings. The van der Waals surface area contributed by atoms with E-state index in [1.165, 1.54) is 12.8 Å². The highest BCUT2D eigenvalue weighted by Crippen LogP contribution is 2.21. The minimum absolute atomic E-state index is 0.429. The fraction of sp³-hybridized carbons (Fsp3) is 0.800. The molecule has 0 aliphatic carbocycles. The van der Waals surface area contributed by atoms with Gasteiger partial charge in [0.25, 0.3) is 0 Å². The first-order valence-corrected chi connectivity index (χ1v) is 4.82. The monoisotopic (exact) mass is 181 g/mol. The van der Waals surface area contributed by atoms with Crippen LogP contribution in [0.4, 0.5) is 0 Å². The predicted molar refractivity (Wildman–Crippen MR) is 53.4 cm³/mol. The molecule has 13 heavy (non-hydrogen) atoms. The van der Waals surface area contributed by atoms with Gasteiger partial charge in [0, 0.05) is 13.5 Å². The Morgan fingerprint density at radius 2 is 2.08 bits per heavy atom. The lowest BCUT2D eigenvalue weighted by atomic mass is 9.90. The van der Waals surface area contributed by atoms with Crippen molar-refractivity contribution in [3.05, 3.63) is 12.2 Å². The zero-order valence-electron chi connectivity index (χ0n) is 9.04. The second-order valence-electron chi connectivity index (χ2n) is 4.77. The molecule has 0 saturated heterocycles. The van der Waals surface area contributed by atoms with Crippen LogP contribution in [0.2, 0.25) is 0 Å². The third kappa shape index (κ3) is 3.57. The summed E-state index contributed by atoms with van der Waals surface area (Å²) in [6, 6.07) is 0. The third-order valence-electron chi connectivity index (χ3n) is 2.13. The summed E-state index contributed by atoms with van der Waals surface area (Å²) in [6.07, 6.45) is 5.22. The first kappa shape index (κ1) is 10.2. The molecule has 0 bridgehead atoms.